The molecule has 0 saturated heterocycles. The number of rotatable bonds is 5. The second kappa shape index (κ2) is 6.76. The van der Waals surface area contributed by atoms with Crippen LogP contribution in [0.3, 0.4) is 0 Å². The van der Waals surface area contributed by atoms with E-state index in [1.807, 2.05) is 0 Å². The molecule has 1 heterocycles. The van der Waals surface area contributed by atoms with Crippen LogP contribution in [0.1, 0.15) is 27.8 Å². The molecule has 0 bridgehead atoms. The zero-order valence-electron chi connectivity index (χ0n) is 11.2. The maximum atomic E-state index is 11.8. The molecule has 0 fully saturated rings. The van der Waals surface area contributed by atoms with Gasteiger partial charge < -0.3 is 10.1 Å². The van der Waals surface area contributed by atoms with Gasteiger partial charge in [-0.1, -0.05) is 30.3 Å². The summed E-state index contributed by atoms with van der Waals surface area (Å²) in [5.74, 6) is -1.27. The van der Waals surface area contributed by atoms with Crippen molar-refractivity contribution in [3.8, 4) is 0 Å². The summed E-state index contributed by atoms with van der Waals surface area (Å²) in [4.78, 5) is 38.3. The van der Waals surface area contributed by atoms with E-state index in [4.69, 9.17) is 4.74 Å². The molecule has 0 spiro atoms. The van der Waals surface area contributed by atoms with Gasteiger partial charge in [-0.15, -0.1) is 11.3 Å². The summed E-state index contributed by atoms with van der Waals surface area (Å²) < 4.78 is 4.91. The minimum atomic E-state index is -0.702. The Morgan fingerprint density at radius 1 is 1.24 bits per heavy atom. The van der Waals surface area contributed by atoms with E-state index in [1.54, 1.807) is 30.3 Å². The van der Waals surface area contributed by atoms with Gasteiger partial charge in [0.05, 0.1) is 0 Å². The SMILES string of the molecule is CC(=O)Nc1nc(C(=O)OCC(=O)c2ccccc2)cs1. The number of amides is 1. The van der Waals surface area contributed by atoms with Crippen molar-refractivity contribution < 1.29 is 19.1 Å². The number of carbonyl (C=O) groups is 3. The smallest absolute Gasteiger partial charge is 0.358 e. The molecule has 0 atom stereocenters. The highest BCUT2D eigenvalue weighted by atomic mass is 32.1. The minimum Gasteiger partial charge on any atom is -0.453 e. The number of thiazole rings is 1. The van der Waals surface area contributed by atoms with Crippen LogP contribution in [0.4, 0.5) is 5.13 Å². The molecule has 0 aliphatic heterocycles. The zero-order chi connectivity index (χ0) is 15.2. The minimum absolute atomic E-state index is 0.0598. The number of esters is 1. The fraction of sp³-hybridized carbons (Fsp3) is 0.143. The van der Waals surface area contributed by atoms with E-state index in [0.717, 1.165) is 11.3 Å². The van der Waals surface area contributed by atoms with Crippen LogP contribution in [0.25, 0.3) is 0 Å². The molecule has 108 valence electrons. The Bertz CT molecular complexity index is 667. The molecule has 6 nitrogen and oxygen atoms in total. The highest BCUT2D eigenvalue weighted by molar-refractivity contribution is 7.14. The van der Waals surface area contributed by atoms with Gasteiger partial charge >= 0.3 is 5.97 Å². The maximum absolute atomic E-state index is 11.8. The molecule has 7 heteroatoms. The molecule has 2 rings (SSSR count). The molecular weight excluding hydrogens is 292 g/mol. The Labute approximate surface area is 124 Å². The second-order valence-electron chi connectivity index (χ2n) is 4.08. The van der Waals surface area contributed by atoms with Gasteiger partial charge in [-0.2, -0.15) is 0 Å². The monoisotopic (exact) mass is 304 g/mol. The number of anilines is 1. The Hall–Kier alpha value is -2.54. The lowest BCUT2D eigenvalue weighted by molar-refractivity contribution is -0.114. The Morgan fingerprint density at radius 3 is 2.62 bits per heavy atom. The molecule has 1 aromatic carbocycles. The number of ether oxygens (including phenoxy) is 1. The zero-order valence-corrected chi connectivity index (χ0v) is 12.0. The van der Waals surface area contributed by atoms with Gasteiger partial charge in [0, 0.05) is 17.9 Å². The van der Waals surface area contributed by atoms with E-state index in [1.165, 1.54) is 12.3 Å². The molecule has 0 unspecified atom stereocenters. The molecule has 0 saturated carbocycles. The molecule has 2 aromatic rings. The molecule has 0 aliphatic rings. The average molecular weight is 304 g/mol. The molecular formula is C14H12N2O4S. The van der Waals surface area contributed by atoms with Crippen molar-refractivity contribution >= 4 is 34.1 Å². The van der Waals surface area contributed by atoms with E-state index in [2.05, 4.69) is 10.3 Å². The first-order valence-corrected chi connectivity index (χ1v) is 6.92. The van der Waals surface area contributed by atoms with Crippen LogP contribution in [0.15, 0.2) is 35.7 Å². The van der Waals surface area contributed by atoms with Gasteiger partial charge in [0.15, 0.2) is 23.2 Å². The fourth-order valence-corrected chi connectivity index (χ4v) is 2.21. The molecule has 21 heavy (non-hydrogen) atoms. The third-order valence-electron chi connectivity index (χ3n) is 2.43. The third kappa shape index (κ3) is 4.22. The largest absolute Gasteiger partial charge is 0.453 e. The number of benzene rings is 1. The lowest BCUT2D eigenvalue weighted by Gasteiger charge is -2.02. The quantitative estimate of drug-likeness (QED) is 0.675. The number of Topliss-reactive ketones (excluding diaryl/α,β-unsaturated/α-hetero) is 1. The van der Waals surface area contributed by atoms with Gasteiger partial charge in [-0.3, -0.25) is 9.59 Å². The fourth-order valence-electron chi connectivity index (χ4n) is 1.49. The molecule has 1 amide bonds. The number of nitrogens with zero attached hydrogens (tertiary/aromatic N) is 1. The standard InChI is InChI=1S/C14H12N2O4S/c1-9(17)15-14-16-11(8-21-14)13(19)20-7-12(18)10-5-3-2-4-6-10/h2-6,8H,7H2,1H3,(H,15,16,17). The van der Waals surface area contributed by atoms with Gasteiger partial charge in [-0.05, 0) is 0 Å². The van der Waals surface area contributed by atoms with Crippen LogP contribution in [-0.2, 0) is 9.53 Å². The third-order valence-corrected chi connectivity index (χ3v) is 3.18. The van der Waals surface area contributed by atoms with Crippen molar-refractivity contribution in [2.75, 3.05) is 11.9 Å². The van der Waals surface area contributed by atoms with E-state index in [-0.39, 0.29) is 24.0 Å². The van der Waals surface area contributed by atoms with E-state index in [9.17, 15) is 14.4 Å². The normalized spacial score (nSPS) is 9.95. The predicted molar refractivity (Wildman–Crippen MR) is 77.5 cm³/mol. The highest BCUT2D eigenvalue weighted by Gasteiger charge is 2.15. The van der Waals surface area contributed by atoms with Crippen molar-refractivity contribution in [2.45, 2.75) is 6.92 Å². The summed E-state index contributed by atoms with van der Waals surface area (Å²) in [6.45, 7) is 0.994. The number of hydrogen-bond acceptors (Lipinski definition) is 6. The summed E-state index contributed by atoms with van der Waals surface area (Å²) in [5.41, 5.74) is 0.534. The number of carbonyl (C=O) groups excluding carboxylic acids is 3. The van der Waals surface area contributed by atoms with Crippen molar-refractivity contribution in [1.82, 2.24) is 4.98 Å². The topological polar surface area (TPSA) is 85.4 Å². The Morgan fingerprint density at radius 2 is 1.95 bits per heavy atom. The molecule has 1 aromatic heterocycles. The summed E-state index contributed by atoms with van der Waals surface area (Å²) in [6.07, 6.45) is 0. The Balaban J connectivity index is 1.91. The lowest BCUT2D eigenvalue weighted by atomic mass is 10.1. The van der Waals surface area contributed by atoms with E-state index >= 15 is 0 Å². The van der Waals surface area contributed by atoms with Crippen LogP contribution in [0.2, 0.25) is 0 Å². The van der Waals surface area contributed by atoms with Crippen molar-refractivity contribution in [1.29, 1.82) is 0 Å². The first-order valence-electron chi connectivity index (χ1n) is 6.05. The van der Waals surface area contributed by atoms with Crippen LogP contribution in [0.5, 0.6) is 0 Å². The molecule has 0 aliphatic carbocycles. The maximum Gasteiger partial charge on any atom is 0.358 e. The van der Waals surface area contributed by atoms with Crippen LogP contribution in [-0.4, -0.2) is 29.3 Å². The number of nitrogens with one attached hydrogen (secondary N) is 1. The van der Waals surface area contributed by atoms with Crippen molar-refractivity contribution in [2.24, 2.45) is 0 Å². The summed E-state index contributed by atoms with van der Waals surface area (Å²) >= 11 is 1.11. The van der Waals surface area contributed by atoms with E-state index < -0.39 is 5.97 Å². The van der Waals surface area contributed by atoms with Gasteiger partial charge in [0.25, 0.3) is 0 Å². The van der Waals surface area contributed by atoms with Crippen molar-refractivity contribution in [3.63, 3.8) is 0 Å². The number of aromatic nitrogens is 1. The van der Waals surface area contributed by atoms with E-state index in [0.29, 0.717) is 10.7 Å². The van der Waals surface area contributed by atoms with Crippen LogP contribution < -0.4 is 5.32 Å². The average Bonchev–Trinajstić information content (AvgIpc) is 2.93. The highest BCUT2D eigenvalue weighted by Crippen LogP contribution is 2.16. The van der Waals surface area contributed by atoms with Crippen molar-refractivity contribution in [3.05, 3.63) is 47.0 Å². The lowest BCUT2D eigenvalue weighted by Crippen LogP contribution is -2.14. The first kappa shape index (κ1) is 14.9. The molecule has 0 radical (unpaired) electrons. The van der Waals surface area contributed by atoms with Gasteiger partial charge in [0.1, 0.15) is 0 Å². The molecule has 1 N–H and O–H groups in total. The van der Waals surface area contributed by atoms with Crippen LogP contribution >= 0.6 is 11.3 Å². The number of ketones is 1. The Kier molecular flexibility index (Phi) is 4.78. The number of hydrogen-bond donors (Lipinski definition) is 1. The summed E-state index contributed by atoms with van der Waals surface area (Å²) in [6, 6.07) is 8.55. The summed E-state index contributed by atoms with van der Waals surface area (Å²) in [5, 5.41) is 4.23. The van der Waals surface area contributed by atoms with Crippen LogP contribution in [0, 0.1) is 0 Å². The van der Waals surface area contributed by atoms with Gasteiger partial charge in [0.2, 0.25) is 5.91 Å². The van der Waals surface area contributed by atoms with Gasteiger partial charge in [-0.25, -0.2) is 9.78 Å². The second-order valence-corrected chi connectivity index (χ2v) is 4.94. The first-order chi connectivity index (χ1) is 10.1. The summed E-state index contributed by atoms with van der Waals surface area (Å²) in [7, 11) is 0. The predicted octanol–water partition coefficient (Wildman–Crippen LogP) is 2.14.